The van der Waals surface area contributed by atoms with Crippen molar-refractivity contribution in [2.24, 2.45) is 0 Å². The van der Waals surface area contributed by atoms with Gasteiger partial charge in [0.05, 0.1) is 11.4 Å². The van der Waals surface area contributed by atoms with Crippen LogP contribution in [0.4, 0.5) is 5.69 Å². The summed E-state index contributed by atoms with van der Waals surface area (Å²) in [6.45, 7) is 5.97. The van der Waals surface area contributed by atoms with Gasteiger partial charge in [-0.05, 0) is 65.4 Å². The van der Waals surface area contributed by atoms with E-state index in [2.05, 4.69) is 36.1 Å². The normalized spacial score (nSPS) is 11.2. The molecule has 5 nitrogen and oxygen atoms in total. The lowest BCUT2D eigenvalue weighted by Gasteiger charge is -2.15. The minimum Gasteiger partial charge on any atom is -0.479 e. The third kappa shape index (κ3) is 10.1. The summed E-state index contributed by atoms with van der Waals surface area (Å²) in [7, 11) is 0.197. The minimum atomic E-state index is -0.877. The highest BCUT2D eigenvalue weighted by Gasteiger charge is 2.22. The average molecular weight is 591 g/mol. The molecule has 0 amide bonds. The predicted molar refractivity (Wildman–Crippen MR) is 168 cm³/mol. The Morgan fingerprint density at radius 1 is 0.947 bits per heavy atom. The van der Waals surface area contributed by atoms with Gasteiger partial charge in [-0.2, -0.15) is 0 Å². The van der Waals surface area contributed by atoms with Gasteiger partial charge in [-0.1, -0.05) is 56.3 Å². The van der Waals surface area contributed by atoms with Gasteiger partial charge in [0.1, 0.15) is 0 Å². The zero-order valence-electron chi connectivity index (χ0n) is 22.0. The van der Waals surface area contributed by atoms with E-state index in [-0.39, 0.29) is 13.7 Å². The van der Waals surface area contributed by atoms with Crippen molar-refractivity contribution in [3.8, 4) is 0 Å². The zero-order chi connectivity index (χ0) is 27.8. The number of halogens is 1. The summed E-state index contributed by atoms with van der Waals surface area (Å²) in [5.41, 5.74) is 1.61. The Morgan fingerprint density at radius 3 is 2.26 bits per heavy atom. The number of anilines is 1. The van der Waals surface area contributed by atoms with Crippen LogP contribution in [0.1, 0.15) is 35.1 Å². The van der Waals surface area contributed by atoms with Crippen LogP contribution in [0.25, 0.3) is 10.1 Å². The molecule has 2 heterocycles. The Kier molecular flexibility index (Phi) is 15.2. The number of fused-ring (bicyclic) bond motifs is 1. The molecule has 204 valence electrons. The highest BCUT2D eigenvalue weighted by molar-refractivity contribution is 7.57. The standard InChI is InChI=1S/C16H13NO2S.C12H20NOPS.CH3Cl/c18-16(19)15(17-11-6-2-1-3-7-11)13-10-20-14-9-5-4-8-12(13)14;1-3-15(4-2)8-7-13-10-11(14)12-6-5-9-16-12;1-2/h1-10,15,17H,(H,18,19);5-6,9,13H,3-4,7-8,10H2,1-2H3;1H3. The Morgan fingerprint density at radius 2 is 1.63 bits per heavy atom. The van der Waals surface area contributed by atoms with Gasteiger partial charge in [0.25, 0.3) is 0 Å². The third-order valence-electron chi connectivity index (χ3n) is 5.73. The number of para-hydroxylation sites is 1. The number of carbonyl (C=O) groups is 2. The molecule has 0 bridgehead atoms. The van der Waals surface area contributed by atoms with Crippen molar-refractivity contribution < 1.29 is 14.7 Å². The molecule has 9 heteroatoms. The number of nitrogens with one attached hydrogen (secondary N) is 2. The van der Waals surface area contributed by atoms with Crippen LogP contribution in [0.15, 0.2) is 77.5 Å². The molecule has 1 unspecified atom stereocenters. The first-order valence-electron chi connectivity index (χ1n) is 12.4. The van der Waals surface area contributed by atoms with Crippen molar-refractivity contribution in [2.75, 3.05) is 43.3 Å². The number of hydrogen-bond acceptors (Lipinski definition) is 6. The summed E-state index contributed by atoms with van der Waals surface area (Å²) in [6, 6.07) is 20.3. The van der Waals surface area contributed by atoms with E-state index in [1.54, 1.807) is 11.3 Å². The fourth-order valence-corrected chi connectivity index (χ4v) is 6.90. The van der Waals surface area contributed by atoms with E-state index < -0.39 is 12.0 Å². The molecule has 0 radical (unpaired) electrons. The van der Waals surface area contributed by atoms with Gasteiger partial charge in [-0.15, -0.1) is 42.2 Å². The van der Waals surface area contributed by atoms with Crippen molar-refractivity contribution in [3.05, 3.63) is 87.9 Å². The fraction of sp³-hybridized carbons (Fsp3) is 0.310. The van der Waals surface area contributed by atoms with E-state index in [9.17, 15) is 14.7 Å². The molecule has 0 spiro atoms. The number of hydrogen-bond donors (Lipinski definition) is 3. The molecule has 1 atom stereocenters. The van der Waals surface area contributed by atoms with Gasteiger partial charge in [-0.25, -0.2) is 4.79 Å². The topological polar surface area (TPSA) is 78.4 Å². The molecule has 0 saturated heterocycles. The number of carboxylic acids is 1. The number of carbonyl (C=O) groups excluding carboxylic acids is 1. The van der Waals surface area contributed by atoms with Crippen LogP contribution in [0.2, 0.25) is 0 Å². The van der Waals surface area contributed by atoms with E-state index in [1.165, 1.54) is 36.2 Å². The number of Topliss-reactive ketones (excluding diaryl/α,β-unsaturated/α-hetero) is 1. The highest BCUT2D eigenvalue weighted by atomic mass is 35.5. The van der Waals surface area contributed by atoms with Gasteiger partial charge >= 0.3 is 5.97 Å². The molecule has 0 aliphatic carbocycles. The SMILES string of the molecule is CCP(CC)CCNCC(=O)c1cccs1.CCl.O=C(O)C(Nc1ccccc1)c1csc2ccccc12. The van der Waals surface area contributed by atoms with Crippen molar-refractivity contribution in [1.29, 1.82) is 0 Å². The predicted octanol–water partition coefficient (Wildman–Crippen LogP) is 8.04. The Balaban J connectivity index is 0.000000257. The first-order chi connectivity index (χ1) is 18.5. The Hall–Kier alpha value is -2.28. The zero-order valence-corrected chi connectivity index (χ0v) is 25.3. The van der Waals surface area contributed by atoms with Crippen molar-refractivity contribution in [1.82, 2.24) is 5.32 Å². The second-order valence-electron chi connectivity index (χ2n) is 8.07. The summed E-state index contributed by atoms with van der Waals surface area (Å²) in [4.78, 5) is 24.1. The number of rotatable bonds is 12. The molecule has 0 aliphatic rings. The molecule has 0 aliphatic heterocycles. The van der Waals surface area contributed by atoms with Crippen LogP contribution < -0.4 is 10.6 Å². The van der Waals surface area contributed by atoms with E-state index in [4.69, 9.17) is 0 Å². The van der Waals surface area contributed by atoms with Crippen LogP contribution in [-0.4, -0.2) is 54.8 Å². The second kappa shape index (κ2) is 18.1. The first-order valence-corrected chi connectivity index (χ1v) is 16.8. The van der Waals surface area contributed by atoms with Gasteiger partial charge in [0, 0.05) is 22.3 Å². The quantitative estimate of drug-likeness (QED) is 0.0673. The Labute approximate surface area is 240 Å². The van der Waals surface area contributed by atoms with Gasteiger partial charge in [0.2, 0.25) is 0 Å². The van der Waals surface area contributed by atoms with Crippen molar-refractivity contribution >= 4 is 69.7 Å². The smallest absolute Gasteiger partial charge is 0.330 e. The molecule has 3 N–H and O–H groups in total. The lowest BCUT2D eigenvalue weighted by Crippen LogP contribution is -2.25. The number of benzene rings is 2. The molecule has 2 aromatic heterocycles. The monoisotopic (exact) mass is 590 g/mol. The first kappa shape index (κ1) is 31.9. The maximum absolute atomic E-state index is 11.6. The number of alkyl halides is 1. The van der Waals surface area contributed by atoms with Crippen molar-refractivity contribution in [2.45, 2.75) is 19.9 Å². The van der Waals surface area contributed by atoms with Gasteiger partial charge in [0.15, 0.2) is 11.8 Å². The number of carboxylic acid groups (broad SMARTS) is 1. The van der Waals surface area contributed by atoms with E-state index in [1.807, 2.05) is 77.5 Å². The highest BCUT2D eigenvalue weighted by Crippen LogP contribution is 2.33. The molecule has 2 aromatic carbocycles. The van der Waals surface area contributed by atoms with E-state index >= 15 is 0 Å². The molecular formula is C29H36ClN2O3PS2. The molecule has 4 aromatic rings. The Bertz CT molecular complexity index is 1220. The third-order valence-corrected chi connectivity index (χ3v) is 10.3. The molecular weight excluding hydrogens is 555 g/mol. The summed E-state index contributed by atoms with van der Waals surface area (Å²) >= 11 is 7.72. The maximum atomic E-state index is 11.6. The summed E-state index contributed by atoms with van der Waals surface area (Å²) in [5, 5.41) is 20.7. The second-order valence-corrected chi connectivity index (χ2v) is 13.0. The lowest BCUT2D eigenvalue weighted by molar-refractivity contribution is -0.138. The summed E-state index contributed by atoms with van der Waals surface area (Å²) in [6.07, 6.45) is 5.30. The van der Waals surface area contributed by atoms with Crippen LogP contribution in [0, 0.1) is 0 Å². The van der Waals surface area contributed by atoms with E-state index in [0.29, 0.717) is 6.54 Å². The van der Waals surface area contributed by atoms with Gasteiger partial charge in [-0.3, -0.25) is 4.79 Å². The summed E-state index contributed by atoms with van der Waals surface area (Å²) < 4.78 is 1.10. The number of thiophene rings is 2. The average Bonchev–Trinajstić information content (AvgIpc) is 3.65. The molecule has 38 heavy (non-hydrogen) atoms. The van der Waals surface area contributed by atoms with Crippen LogP contribution in [-0.2, 0) is 4.79 Å². The van der Waals surface area contributed by atoms with E-state index in [0.717, 1.165) is 32.8 Å². The maximum Gasteiger partial charge on any atom is 0.330 e. The molecule has 4 rings (SSSR count). The summed E-state index contributed by atoms with van der Waals surface area (Å²) in [5.74, 6) is -0.662. The largest absolute Gasteiger partial charge is 0.479 e. The fourth-order valence-electron chi connectivity index (χ4n) is 3.70. The molecule has 0 saturated carbocycles. The lowest BCUT2D eigenvalue weighted by atomic mass is 10.1. The van der Waals surface area contributed by atoms with Gasteiger partial charge < -0.3 is 15.7 Å². The minimum absolute atomic E-state index is 0.197. The number of ketones is 1. The van der Waals surface area contributed by atoms with Crippen molar-refractivity contribution in [3.63, 3.8) is 0 Å². The number of aliphatic carboxylic acids is 1. The van der Waals surface area contributed by atoms with Crippen LogP contribution in [0.5, 0.6) is 0 Å². The van der Waals surface area contributed by atoms with Crippen LogP contribution >= 0.6 is 42.2 Å². The van der Waals surface area contributed by atoms with Crippen LogP contribution in [0.3, 0.4) is 0 Å². The molecule has 0 fully saturated rings.